The van der Waals surface area contributed by atoms with Gasteiger partial charge in [0.25, 0.3) is 0 Å². The summed E-state index contributed by atoms with van der Waals surface area (Å²) in [4.78, 5) is 0. The summed E-state index contributed by atoms with van der Waals surface area (Å²) in [7, 11) is 0. The monoisotopic (exact) mass is 524 g/mol. The highest BCUT2D eigenvalue weighted by atomic mass is 19.3. The molecule has 0 radical (unpaired) electrons. The van der Waals surface area contributed by atoms with Gasteiger partial charge in [0, 0.05) is 16.9 Å². The summed E-state index contributed by atoms with van der Waals surface area (Å²) in [6.07, 6.45) is 0. The van der Waals surface area contributed by atoms with Crippen molar-refractivity contribution in [2.45, 2.75) is 19.8 Å². The van der Waals surface area contributed by atoms with Crippen LogP contribution in [0, 0.1) is 0 Å². The van der Waals surface area contributed by atoms with E-state index in [1.807, 2.05) is 0 Å². The Bertz CT molecular complexity index is 1330. The van der Waals surface area contributed by atoms with Crippen molar-refractivity contribution < 1.29 is 45.7 Å². The maximum Gasteiger partial charge on any atom is 0.387 e. The number of hydrogen-bond acceptors (Lipinski definition) is 5. The van der Waals surface area contributed by atoms with Gasteiger partial charge in [-0.05, 0) is 66.7 Å². The van der Waals surface area contributed by atoms with Crippen molar-refractivity contribution in [1.29, 1.82) is 0 Å². The fourth-order valence-electron chi connectivity index (χ4n) is 3.55. The third-order valence-corrected chi connectivity index (χ3v) is 5.01. The number of nitrogens with zero attached hydrogens (tertiary/aromatic N) is 1. The molecule has 0 amide bonds. The zero-order valence-electron chi connectivity index (χ0n) is 18.6. The van der Waals surface area contributed by atoms with Crippen molar-refractivity contribution in [3.8, 4) is 40.1 Å². The maximum absolute atomic E-state index is 12.7. The molecule has 0 unspecified atom stereocenters. The molecule has 12 heteroatoms. The summed E-state index contributed by atoms with van der Waals surface area (Å²) in [5.41, 5.74) is 1.64. The van der Waals surface area contributed by atoms with E-state index in [1.165, 1.54) is 77.4 Å². The zero-order chi connectivity index (χ0) is 26.5. The Hall–Kier alpha value is -4.48. The van der Waals surface area contributed by atoms with Crippen molar-refractivity contribution >= 4 is 11.4 Å². The number of ether oxygens (including phenoxy) is 3. The maximum atomic E-state index is 12.7. The number of halogens is 6. The quantitative estimate of drug-likeness (QED) is 0.212. The van der Waals surface area contributed by atoms with Gasteiger partial charge in [-0.3, -0.25) is 4.57 Å². The predicted octanol–water partition coefficient (Wildman–Crippen LogP) is 7.40. The van der Waals surface area contributed by atoms with Gasteiger partial charge in [0.15, 0.2) is 0 Å². The molecule has 0 bridgehead atoms. The highest BCUT2D eigenvalue weighted by Crippen LogP contribution is 2.40. The van der Waals surface area contributed by atoms with E-state index in [-0.39, 0.29) is 28.8 Å². The zero-order valence-corrected chi connectivity index (χ0v) is 18.6. The molecular weight excluding hydrogens is 506 g/mol. The lowest BCUT2D eigenvalue weighted by Gasteiger charge is -2.13. The first kappa shape index (κ1) is 25.6. The summed E-state index contributed by atoms with van der Waals surface area (Å²) in [5.74, 6) is -0.608. The molecule has 0 spiro atoms. The van der Waals surface area contributed by atoms with Crippen molar-refractivity contribution in [3.63, 3.8) is 0 Å². The van der Waals surface area contributed by atoms with Crippen LogP contribution in [0.3, 0.4) is 0 Å². The Morgan fingerprint density at radius 3 is 1.76 bits per heavy atom. The minimum absolute atomic E-state index is 0.0648. The number of alkyl halides is 6. The predicted molar refractivity (Wildman–Crippen MR) is 122 cm³/mol. The van der Waals surface area contributed by atoms with Gasteiger partial charge in [-0.15, -0.1) is 0 Å². The van der Waals surface area contributed by atoms with Crippen LogP contribution in [-0.2, 0) is 0 Å². The average molecular weight is 524 g/mol. The molecule has 4 aromatic rings. The first-order chi connectivity index (χ1) is 17.7. The van der Waals surface area contributed by atoms with Gasteiger partial charge in [0.1, 0.15) is 22.9 Å². The number of aromatic hydroxyl groups is 1. The van der Waals surface area contributed by atoms with Crippen LogP contribution in [0.4, 0.5) is 37.7 Å². The summed E-state index contributed by atoms with van der Waals surface area (Å²) in [5, 5.41) is 14.0. The number of rotatable bonds is 10. The number of nitrogens with one attached hydrogen (secondary N) is 1. The average Bonchev–Trinajstić information content (AvgIpc) is 3.16. The highest BCUT2D eigenvalue weighted by molar-refractivity contribution is 5.77. The van der Waals surface area contributed by atoms with E-state index in [4.69, 9.17) is 0 Å². The van der Waals surface area contributed by atoms with Crippen molar-refractivity contribution in [2.75, 3.05) is 5.32 Å². The van der Waals surface area contributed by atoms with E-state index in [1.54, 1.807) is 6.07 Å². The van der Waals surface area contributed by atoms with Gasteiger partial charge >= 0.3 is 19.8 Å². The number of benzene rings is 3. The largest absolute Gasteiger partial charge is 0.493 e. The summed E-state index contributed by atoms with van der Waals surface area (Å²) in [6, 6.07) is 18.1. The second-order valence-electron chi connectivity index (χ2n) is 7.41. The van der Waals surface area contributed by atoms with Crippen LogP contribution in [0.5, 0.6) is 23.1 Å². The first-order valence-corrected chi connectivity index (χ1v) is 10.6. The third-order valence-electron chi connectivity index (χ3n) is 5.01. The van der Waals surface area contributed by atoms with E-state index in [2.05, 4.69) is 19.5 Å². The second kappa shape index (κ2) is 11.1. The van der Waals surface area contributed by atoms with E-state index in [0.717, 1.165) is 0 Å². The fraction of sp³-hybridized carbons (Fsp3) is 0.120. The molecule has 4 rings (SSSR count). The molecule has 2 N–H and O–H groups in total. The molecule has 0 atom stereocenters. The van der Waals surface area contributed by atoms with Crippen molar-refractivity contribution in [1.82, 2.24) is 4.57 Å². The summed E-state index contributed by atoms with van der Waals surface area (Å²) >= 11 is 0. The minimum atomic E-state index is -3.05. The Kier molecular flexibility index (Phi) is 7.66. The Labute approximate surface area is 206 Å². The fourth-order valence-corrected chi connectivity index (χ4v) is 3.55. The van der Waals surface area contributed by atoms with Crippen molar-refractivity contribution in [3.05, 3.63) is 78.9 Å². The molecule has 0 aliphatic rings. The molecule has 194 valence electrons. The topological polar surface area (TPSA) is 64.9 Å². The van der Waals surface area contributed by atoms with Gasteiger partial charge < -0.3 is 24.6 Å². The van der Waals surface area contributed by atoms with Gasteiger partial charge in [-0.25, -0.2) is 0 Å². The minimum Gasteiger partial charge on any atom is -0.493 e. The van der Waals surface area contributed by atoms with E-state index in [0.29, 0.717) is 22.6 Å². The number of anilines is 2. The number of hydrogen-bond donors (Lipinski definition) is 2. The highest BCUT2D eigenvalue weighted by Gasteiger charge is 2.19. The molecule has 0 saturated carbocycles. The lowest BCUT2D eigenvalue weighted by molar-refractivity contribution is -0.0505. The lowest BCUT2D eigenvalue weighted by atomic mass is 10.1. The Morgan fingerprint density at radius 1 is 0.649 bits per heavy atom. The molecule has 0 aliphatic carbocycles. The number of aromatic nitrogens is 1. The second-order valence-corrected chi connectivity index (χ2v) is 7.41. The first-order valence-electron chi connectivity index (χ1n) is 10.6. The Balaban J connectivity index is 1.74. The molecule has 0 saturated heterocycles. The van der Waals surface area contributed by atoms with Crippen LogP contribution in [0.25, 0.3) is 16.9 Å². The lowest BCUT2D eigenvalue weighted by Crippen LogP contribution is -2.03. The van der Waals surface area contributed by atoms with Crippen LogP contribution < -0.4 is 19.5 Å². The van der Waals surface area contributed by atoms with Gasteiger partial charge in [-0.2, -0.15) is 26.3 Å². The van der Waals surface area contributed by atoms with Gasteiger partial charge in [-0.1, -0.05) is 12.1 Å². The molecule has 37 heavy (non-hydrogen) atoms. The molecular formula is C25H18F6N2O4. The molecule has 3 aromatic carbocycles. The van der Waals surface area contributed by atoms with Crippen LogP contribution in [0.15, 0.2) is 78.9 Å². The van der Waals surface area contributed by atoms with E-state index in [9.17, 15) is 31.4 Å². The smallest absolute Gasteiger partial charge is 0.387 e. The van der Waals surface area contributed by atoms with E-state index >= 15 is 0 Å². The van der Waals surface area contributed by atoms with E-state index < -0.39 is 19.8 Å². The molecule has 0 fully saturated rings. The van der Waals surface area contributed by atoms with Crippen LogP contribution in [0.1, 0.15) is 0 Å². The molecule has 1 aromatic heterocycles. The summed E-state index contributed by atoms with van der Waals surface area (Å²) in [6.45, 7) is -9.05. The molecule has 0 aliphatic heterocycles. The standard InChI is InChI=1S/C25H18F6N2O4/c26-23(27)35-17-8-4-15(5-9-17)32-20-13-21(14-2-1-3-19(12-14)37-25(30)31)33(22(20)34)16-6-10-18(11-7-16)36-24(28)29/h1-13,23-25,32,34H. The Morgan fingerprint density at radius 2 is 1.19 bits per heavy atom. The van der Waals surface area contributed by atoms with Crippen LogP contribution in [-0.4, -0.2) is 29.5 Å². The molecule has 1 heterocycles. The van der Waals surface area contributed by atoms with Gasteiger partial charge in [0.05, 0.1) is 5.69 Å². The third kappa shape index (κ3) is 6.40. The normalized spacial score (nSPS) is 11.3. The van der Waals surface area contributed by atoms with Crippen LogP contribution in [0.2, 0.25) is 0 Å². The summed E-state index contributed by atoms with van der Waals surface area (Å²) < 4.78 is 89.9. The molecule has 6 nitrogen and oxygen atoms in total. The van der Waals surface area contributed by atoms with Crippen LogP contribution >= 0.6 is 0 Å². The van der Waals surface area contributed by atoms with Gasteiger partial charge in [0.2, 0.25) is 5.88 Å². The van der Waals surface area contributed by atoms with Crippen molar-refractivity contribution in [2.24, 2.45) is 0 Å². The SMILES string of the molecule is Oc1c(Nc2ccc(OC(F)F)cc2)cc(-c2cccc(OC(F)F)c2)n1-c1ccc(OC(F)F)cc1.